The highest BCUT2D eigenvalue weighted by molar-refractivity contribution is 5.98. The number of nitriles is 1. The molecule has 30 heavy (non-hydrogen) atoms. The molecule has 0 heterocycles. The number of hydrogen-bond donors (Lipinski definition) is 1. The van der Waals surface area contributed by atoms with Gasteiger partial charge in [-0.05, 0) is 29.2 Å². The first kappa shape index (κ1) is 20.8. The van der Waals surface area contributed by atoms with Gasteiger partial charge in [0.25, 0.3) is 5.91 Å². The summed E-state index contributed by atoms with van der Waals surface area (Å²) in [7, 11) is 0. The van der Waals surface area contributed by atoms with Crippen LogP contribution in [0.5, 0.6) is 0 Å². The van der Waals surface area contributed by atoms with Gasteiger partial charge in [-0.25, -0.2) is 4.79 Å². The lowest BCUT2D eigenvalue weighted by molar-refractivity contribution is -0.124. The Morgan fingerprint density at radius 3 is 2.30 bits per heavy atom. The minimum atomic E-state index is -0.607. The van der Waals surface area contributed by atoms with Crippen LogP contribution in [-0.4, -0.2) is 25.0 Å². The van der Waals surface area contributed by atoms with Crippen LogP contribution in [0.2, 0.25) is 0 Å². The minimum absolute atomic E-state index is 0.147. The molecule has 3 aromatic rings. The normalized spacial score (nSPS) is 11.2. The Bertz CT molecular complexity index is 1070. The molecule has 0 bridgehead atoms. The molecule has 0 aromatic heterocycles. The van der Waals surface area contributed by atoms with E-state index in [4.69, 9.17) is 4.74 Å². The van der Waals surface area contributed by atoms with E-state index in [0.29, 0.717) is 28.8 Å². The smallest absolute Gasteiger partial charge is 0.339 e. The lowest BCUT2D eigenvalue weighted by Gasteiger charge is -2.14. The van der Waals surface area contributed by atoms with Crippen LogP contribution >= 0.6 is 0 Å². The van der Waals surface area contributed by atoms with Gasteiger partial charge >= 0.3 is 5.97 Å². The Kier molecular flexibility index (Phi) is 6.96. The highest BCUT2D eigenvalue weighted by Crippen LogP contribution is 2.27. The maximum atomic E-state index is 12.6. The maximum Gasteiger partial charge on any atom is 0.339 e. The molecule has 0 aliphatic rings. The molecule has 3 rings (SSSR count). The molecule has 0 saturated heterocycles. The van der Waals surface area contributed by atoms with Crippen molar-refractivity contribution in [2.24, 2.45) is 0 Å². The summed E-state index contributed by atoms with van der Waals surface area (Å²) < 4.78 is 5.23. The fourth-order valence-electron chi connectivity index (χ4n) is 3.14. The van der Waals surface area contributed by atoms with Crippen LogP contribution in [0.15, 0.2) is 78.9 Å². The number of nitrogens with one attached hydrogen (secondary N) is 1. The van der Waals surface area contributed by atoms with Gasteiger partial charge in [-0.3, -0.25) is 4.79 Å². The topological polar surface area (TPSA) is 79.2 Å². The molecule has 0 radical (unpaired) electrons. The van der Waals surface area contributed by atoms with E-state index in [1.165, 1.54) is 0 Å². The molecular weight excluding hydrogens is 376 g/mol. The highest BCUT2D eigenvalue weighted by Gasteiger charge is 2.17. The molecule has 1 amide bonds. The monoisotopic (exact) mass is 398 g/mol. The van der Waals surface area contributed by atoms with Crippen LogP contribution in [-0.2, 0) is 9.53 Å². The molecule has 1 atom stereocenters. The average molecular weight is 398 g/mol. The van der Waals surface area contributed by atoms with Crippen molar-refractivity contribution in [2.45, 2.75) is 12.8 Å². The zero-order valence-corrected chi connectivity index (χ0v) is 16.7. The van der Waals surface area contributed by atoms with Crippen LogP contribution < -0.4 is 5.32 Å². The Balaban J connectivity index is 1.62. The third kappa shape index (κ3) is 5.12. The van der Waals surface area contributed by atoms with Crippen molar-refractivity contribution in [3.05, 3.63) is 95.6 Å². The number of carbonyl (C=O) groups is 2. The van der Waals surface area contributed by atoms with E-state index in [-0.39, 0.29) is 18.4 Å². The number of benzene rings is 3. The van der Waals surface area contributed by atoms with Crippen molar-refractivity contribution < 1.29 is 14.3 Å². The maximum absolute atomic E-state index is 12.6. The lowest BCUT2D eigenvalue weighted by Crippen LogP contribution is -2.31. The molecule has 0 aliphatic carbocycles. The first-order chi connectivity index (χ1) is 14.6. The van der Waals surface area contributed by atoms with Crippen molar-refractivity contribution in [3.8, 4) is 17.2 Å². The van der Waals surface area contributed by atoms with Crippen molar-refractivity contribution in [2.75, 3.05) is 13.2 Å². The second-order valence-corrected chi connectivity index (χ2v) is 6.89. The van der Waals surface area contributed by atoms with Gasteiger partial charge in [0.1, 0.15) is 0 Å². The van der Waals surface area contributed by atoms with Gasteiger partial charge in [-0.2, -0.15) is 5.26 Å². The molecule has 0 unspecified atom stereocenters. The van der Waals surface area contributed by atoms with E-state index < -0.39 is 5.97 Å². The first-order valence-electron chi connectivity index (χ1n) is 9.67. The van der Waals surface area contributed by atoms with Crippen LogP contribution in [0.1, 0.15) is 34.3 Å². The van der Waals surface area contributed by atoms with E-state index in [1.807, 2.05) is 37.3 Å². The number of amides is 1. The minimum Gasteiger partial charge on any atom is -0.452 e. The third-order valence-corrected chi connectivity index (χ3v) is 4.79. The van der Waals surface area contributed by atoms with Crippen molar-refractivity contribution in [3.63, 3.8) is 0 Å². The molecule has 0 aliphatic heterocycles. The van der Waals surface area contributed by atoms with Crippen molar-refractivity contribution in [1.29, 1.82) is 5.26 Å². The quantitative estimate of drug-likeness (QED) is 0.602. The number of rotatable bonds is 7. The third-order valence-electron chi connectivity index (χ3n) is 4.79. The molecule has 3 aromatic carbocycles. The van der Waals surface area contributed by atoms with Crippen molar-refractivity contribution in [1.82, 2.24) is 5.32 Å². The summed E-state index contributed by atoms with van der Waals surface area (Å²) in [6, 6.07) is 25.9. The average Bonchev–Trinajstić information content (AvgIpc) is 2.81. The van der Waals surface area contributed by atoms with Gasteiger partial charge < -0.3 is 10.1 Å². The predicted molar refractivity (Wildman–Crippen MR) is 115 cm³/mol. The number of esters is 1. The molecule has 0 saturated carbocycles. The number of ether oxygens (including phenoxy) is 1. The molecule has 5 heteroatoms. The SMILES string of the molecule is C[C@H](CNC(=O)COC(=O)c1ccccc1-c1ccccc1C#N)c1ccccc1. The summed E-state index contributed by atoms with van der Waals surface area (Å²) in [5.74, 6) is -0.820. The molecule has 1 N–H and O–H groups in total. The fraction of sp³-hybridized carbons (Fsp3) is 0.160. The Morgan fingerprint density at radius 2 is 1.57 bits per heavy atom. The Labute approximate surface area is 175 Å². The summed E-state index contributed by atoms with van der Waals surface area (Å²) in [6.45, 7) is 2.10. The second-order valence-electron chi connectivity index (χ2n) is 6.89. The summed E-state index contributed by atoms with van der Waals surface area (Å²) >= 11 is 0. The zero-order chi connectivity index (χ0) is 21.3. The number of hydrogen-bond acceptors (Lipinski definition) is 4. The van der Waals surface area contributed by atoms with Gasteiger partial charge in [0, 0.05) is 12.1 Å². The van der Waals surface area contributed by atoms with Crippen LogP contribution in [0.4, 0.5) is 0 Å². The van der Waals surface area contributed by atoms with Gasteiger partial charge in [0.05, 0.1) is 17.2 Å². The van der Waals surface area contributed by atoms with Gasteiger partial charge in [-0.1, -0.05) is 73.7 Å². The van der Waals surface area contributed by atoms with Gasteiger partial charge in [0.15, 0.2) is 6.61 Å². The Morgan fingerprint density at radius 1 is 0.933 bits per heavy atom. The lowest BCUT2D eigenvalue weighted by atomic mass is 9.96. The summed E-state index contributed by atoms with van der Waals surface area (Å²) in [4.78, 5) is 24.8. The molecule has 0 fully saturated rings. The van der Waals surface area contributed by atoms with E-state index in [9.17, 15) is 14.9 Å². The van der Waals surface area contributed by atoms with E-state index in [0.717, 1.165) is 5.56 Å². The first-order valence-corrected chi connectivity index (χ1v) is 9.67. The fourth-order valence-corrected chi connectivity index (χ4v) is 3.14. The molecular formula is C25H22N2O3. The standard InChI is InChI=1S/C25H22N2O3/c1-18(19-9-3-2-4-10-19)16-27-24(28)17-30-25(29)23-14-8-7-13-22(23)21-12-6-5-11-20(21)15-26/h2-14,18H,16-17H2,1H3,(H,27,28)/t18-/m1/s1. The summed E-state index contributed by atoms with van der Waals surface area (Å²) in [6.07, 6.45) is 0. The number of carbonyl (C=O) groups excluding carboxylic acids is 2. The van der Waals surface area contributed by atoms with Crippen LogP contribution in [0.3, 0.4) is 0 Å². The molecule has 0 spiro atoms. The van der Waals surface area contributed by atoms with E-state index in [2.05, 4.69) is 11.4 Å². The van der Waals surface area contributed by atoms with Crippen molar-refractivity contribution >= 4 is 11.9 Å². The summed E-state index contributed by atoms with van der Waals surface area (Å²) in [5, 5.41) is 12.1. The second kappa shape index (κ2) is 10.0. The van der Waals surface area contributed by atoms with Crippen LogP contribution in [0, 0.1) is 11.3 Å². The van der Waals surface area contributed by atoms with Gasteiger partial charge in [0.2, 0.25) is 0 Å². The number of nitrogens with zero attached hydrogens (tertiary/aromatic N) is 1. The Hall–Kier alpha value is -3.91. The molecule has 5 nitrogen and oxygen atoms in total. The van der Waals surface area contributed by atoms with E-state index >= 15 is 0 Å². The van der Waals surface area contributed by atoms with Crippen LogP contribution in [0.25, 0.3) is 11.1 Å². The largest absolute Gasteiger partial charge is 0.452 e. The highest BCUT2D eigenvalue weighted by atomic mass is 16.5. The molecule has 150 valence electrons. The van der Waals surface area contributed by atoms with E-state index in [1.54, 1.807) is 48.5 Å². The summed E-state index contributed by atoms with van der Waals surface area (Å²) in [5.41, 5.74) is 3.14. The van der Waals surface area contributed by atoms with Gasteiger partial charge in [-0.15, -0.1) is 0 Å². The zero-order valence-electron chi connectivity index (χ0n) is 16.7. The predicted octanol–water partition coefficient (Wildman–Crippen LogP) is 4.30.